The van der Waals surface area contributed by atoms with Crippen molar-refractivity contribution in [2.45, 2.75) is 6.10 Å². The molecule has 2 aromatic carbocycles. The van der Waals surface area contributed by atoms with Crippen LogP contribution in [0.15, 0.2) is 42.5 Å². The Hall–Kier alpha value is -2.27. The van der Waals surface area contributed by atoms with Crippen LogP contribution >= 0.6 is 0 Å². The first-order chi connectivity index (χ1) is 10.2. The first kappa shape index (κ1) is 13.7. The number of halogens is 1. The van der Waals surface area contributed by atoms with Gasteiger partial charge in [0.1, 0.15) is 19.0 Å². The molecule has 110 valence electrons. The number of rotatable bonds is 4. The normalized spacial score (nSPS) is 14.6. The molecule has 5 heteroatoms. The molecule has 0 aliphatic carbocycles. The lowest BCUT2D eigenvalue weighted by atomic mass is 10.1. The number of hydrogen-bond donors (Lipinski definition) is 2. The van der Waals surface area contributed by atoms with Crippen LogP contribution in [0.3, 0.4) is 0 Å². The average molecular weight is 289 g/mol. The topological polar surface area (TPSA) is 50.7 Å². The lowest BCUT2D eigenvalue weighted by Gasteiger charge is -2.19. The number of ether oxygens (including phenoxy) is 2. The molecule has 0 fully saturated rings. The van der Waals surface area contributed by atoms with E-state index in [0.717, 1.165) is 11.4 Å². The lowest BCUT2D eigenvalue weighted by Crippen LogP contribution is -2.16. The minimum absolute atomic E-state index is 0.314. The summed E-state index contributed by atoms with van der Waals surface area (Å²) in [5, 5.41) is 13.2. The van der Waals surface area contributed by atoms with Crippen molar-refractivity contribution in [2.24, 2.45) is 0 Å². The number of benzene rings is 2. The molecule has 0 radical (unpaired) electrons. The van der Waals surface area contributed by atoms with E-state index in [4.69, 9.17) is 9.47 Å². The fourth-order valence-corrected chi connectivity index (χ4v) is 2.17. The summed E-state index contributed by atoms with van der Waals surface area (Å²) in [6, 6.07) is 11.4. The van der Waals surface area contributed by atoms with Crippen molar-refractivity contribution >= 4 is 5.69 Å². The Morgan fingerprint density at radius 2 is 1.76 bits per heavy atom. The number of hydrogen-bond acceptors (Lipinski definition) is 4. The van der Waals surface area contributed by atoms with Crippen molar-refractivity contribution in [1.29, 1.82) is 0 Å². The summed E-state index contributed by atoms with van der Waals surface area (Å²) in [4.78, 5) is 0. The second-order valence-electron chi connectivity index (χ2n) is 4.81. The van der Waals surface area contributed by atoms with Crippen LogP contribution in [0, 0.1) is 5.82 Å². The second-order valence-corrected chi connectivity index (χ2v) is 4.81. The zero-order valence-corrected chi connectivity index (χ0v) is 11.4. The molecule has 1 heterocycles. The van der Waals surface area contributed by atoms with Gasteiger partial charge < -0.3 is 19.9 Å². The summed E-state index contributed by atoms with van der Waals surface area (Å²) in [5.41, 5.74) is 1.50. The van der Waals surface area contributed by atoms with Crippen molar-refractivity contribution < 1.29 is 19.0 Å². The number of anilines is 1. The van der Waals surface area contributed by atoms with E-state index in [2.05, 4.69) is 5.32 Å². The van der Waals surface area contributed by atoms with Crippen molar-refractivity contribution in [3.05, 3.63) is 53.8 Å². The van der Waals surface area contributed by atoms with E-state index in [1.165, 1.54) is 12.1 Å². The Bertz CT molecular complexity index is 615. The fraction of sp³-hybridized carbons (Fsp3) is 0.250. The second kappa shape index (κ2) is 6.01. The molecule has 1 aliphatic heterocycles. The molecule has 0 spiro atoms. The lowest BCUT2D eigenvalue weighted by molar-refractivity contribution is 0.171. The predicted octanol–water partition coefficient (Wildman–Crippen LogP) is 2.74. The number of aliphatic hydroxyl groups is 1. The maximum Gasteiger partial charge on any atom is 0.163 e. The van der Waals surface area contributed by atoms with Crippen LogP contribution in [0.2, 0.25) is 0 Å². The predicted molar refractivity (Wildman–Crippen MR) is 77.3 cm³/mol. The molecule has 0 amide bonds. The van der Waals surface area contributed by atoms with Gasteiger partial charge in [0.2, 0.25) is 0 Å². The number of nitrogens with one attached hydrogen (secondary N) is 1. The van der Waals surface area contributed by atoms with Gasteiger partial charge in [0.05, 0.1) is 6.10 Å². The highest BCUT2D eigenvalue weighted by atomic mass is 19.1. The molecular formula is C16H16FNO3. The van der Waals surface area contributed by atoms with Gasteiger partial charge in [-0.25, -0.2) is 4.39 Å². The number of fused-ring (bicyclic) bond motifs is 1. The highest BCUT2D eigenvalue weighted by Crippen LogP contribution is 2.32. The molecule has 4 nitrogen and oxygen atoms in total. The molecule has 1 atom stereocenters. The average Bonchev–Trinajstić information content (AvgIpc) is 2.53. The van der Waals surface area contributed by atoms with Crippen LogP contribution in [0.4, 0.5) is 10.1 Å². The summed E-state index contributed by atoms with van der Waals surface area (Å²) in [7, 11) is 0. The summed E-state index contributed by atoms with van der Waals surface area (Å²) >= 11 is 0. The third-order valence-corrected chi connectivity index (χ3v) is 3.30. The van der Waals surface area contributed by atoms with Gasteiger partial charge in [0.25, 0.3) is 0 Å². The van der Waals surface area contributed by atoms with Crippen LogP contribution in [-0.4, -0.2) is 24.9 Å². The van der Waals surface area contributed by atoms with Gasteiger partial charge in [-0.15, -0.1) is 0 Å². The smallest absolute Gasteiger partial charge is 0.163 e. The van der Waals surface area contributed by atoms with E-state index < -0.39 is 6.10 Å². The van der Waals surface area contributed by atoms with Gasteiger partial charge in [0, 0.05) is 18.3 Å². The highest BCUT2D eigenvalue weighted by molar-refractivity contribution is 5.55. The molecule has 1 aliphatic rings. The van der Waals surface area contributed by atoms with Crippen LogP contribution < -0.4 is 14.8 Å². The van der Waals surface area contributed by atoms with Crippen LogP contribution in [-0.2, 0) is 0 Å². The molecule has 2 N–H and O–H groups in total. The Morgan fingerprint density at radius 3 is 2.52 bits per heavy atom. The van der Waals surface area contributed by atoms with E-state index in [1.54, 1.807) is 12.1 Å². The summed E-state index contributed by atoms with van der Waals surface area (Å²) in [6.07, 6.45) is -0.709. The zero-order chi connectivity index (χ0) is 14.7. The molecule has 3 rings (SSSR count). The standard InChI is InChI=1S/C16H16FNO3/c17-12-3-1-11(2-4-12)14(19)10-18-13-5-6-15-16(9-13)21-8-7-20-15/h1-6,9,14,18-19H,7-8,10H2. The number of aliphatic hydroxyl groups excluding tert-OH is 1. The van der Waals surface area contributed by atoms with Crippen molar-refractivity contribution in [3.8, 4) is 11.5 Å². The van der Waals surface area contributed by atoms with Gasteiger partial charge in [-0.1, -0.05) is 12.1 Å². The summed E-state index contributed by atoms with van der Waals surface area (Å²) < 4.78 is 23.8. The molecular weight excluding hydrogens is 273 g/mol. The van der Waals surface area contributed by atoms with Crippen molar-refractivity contribution in [2.75, 3.05) is 25.1 Å². The molecule has 2 aromatic rings. The zero-order valence-electron chi connectivity index (χ0n) is 11.4. The quantitative estimate of drug-likeness (QED) is 0.908. The fourth-order valence-electron chi connectivity index (χ4n) is 2.17. The molecule has 21 heavy (non-hydrogen) atoms. The van der Waals surface area contributed by atoms with E-state index in [-0.39, 0.29) is 5.82 Å². The molecule has 0 saturated heterocycles. The van der Waals surface area contributed by atoms with Gasteiger partial charge in [-0.3, -0.25) is 0 Å². The summed E-state index contributed by atoms with van der Waals surface area (Å²) in [5.74, 6) is 1.11. The van der Waals surface area contributed by atoms with E-state index in [0.29, 0.717) is 31.1 Å². The van der Waals surface area contributed by atoms with Gasteiger partial charge in [-0.2, -0.15) is 0 Å². The Labute approximate surface area is 122 Å². The third kappa shape index (κ3) is 3.25. The van der Waals surface area contributed by atoms with Gasteiger partial charge in [-0.05, 0) is 29.8 Å². The molecule has 0 aromatic heterocycles. The minimum Gasteiger partial charge on any atom is -0.486 e. The first-order valence-corrected chi connectivity index (χ1v) is 6.79. The van der Waals surface area contributed by atoms with Crippen molar-refractivity contribution in [1.82, 2.24) is 0 Å². The highest BCUT2D eigenvalue weighted by Gasteiger charge is 2.12. The van der Waals surface area contributed by atoms with E-state index in [9.17, 15) is 9.50 Å². The third-order valence-electron chi connectivity index (χ3n) is 3.30. The van der Waals surface area contributed by atoms with E-state index >= 15 is 0 Å². The van der Waals surface area contributed by atoms with Crippen LogP contribution in [0.5, 0.6) is 11.5 Å². The van der Waals surface area contributed by atoms with Crippen LogP contribution in [0.25, 0.3) is 0 Å². The molecule has 0 bridgehead atoms. The molecule has 1 unspecified atom stereocenters. The Morgan fingerprint density at radius 1 is 1.05 bits per heavy atom. The largest absolute Gasteiger partial charge is 0.486 e. The van der Waals surface area contributed by atoms with Gasteiger partial charge >= 0.3 is 0 Å². The first-order valence-electron chi connectivity index (χ1n) is 6.79. The van der Waals surface area contributed by atoms with E-state index in [1.807, 2.05) is 18.2 Å². The van der Waals surface area contributed by atoms with Crippen LogP contribution in [0.1, 0.15) is 11.7 Å². The van der Waals surface area contributed by atoms with Gasteiger partial charge in [0.15, 0.2) is 11.5 Å². The monoisotopic (exact) mass is 289 g/mol. The summed E-state index contributed by atoms with van der Waals surface area (Å²) in [6.45, 7) is 1.42. The maximum atomic E-state index is 12.8. The maximum absolute atomic E-state index is 12.8. The Balaban J connectivity index is 1.63. The Kier molecular flexibility index (Phi) is 3.92. The SMILES string of the molecule is OC(CNc1ccc2c(c1)OCCO2)c1ccc(F)cc1. The van der Waals surface area contributed by atoms with Crippen molar-refractivity contribution in [3.63, 3.8) is 0 Å². The molecule has 0 saturated carbocycles. The minimum atomic E-state index is -0.709.